The van der Waals surface area contributed by atoms with Crippen LogP contribution >= 0.6 is 0 Å². The molecule has 2 aromatic heterocycles. The largest absolute Gasteiger partial charge is 0.237 e. The zero-order chi connectivity index (χ0) is 9.10. The zero-order valence-corrected chi connectivity index (χ0v) is 7.22. The first-order chi connectivity index (χ1) is 6.40. The lowest BCUT2D eigenvalue weighted by Crippen LogP contribution is -1.96. The molecule has 0 atom stereocenters. The first-order valence-corrected chi connectivity index (χ1v) is 4.14. The molecule has 0 spiro atoms. The van der Waals surface area contributed by atoms with Gasteiger partial charge in [-0.15, -0.1) is 0 Å². The van der Waals surface area contributed by atoms with Gasteiger partial charge in [0.1, 0.15) is 0 Å². The molecule has 0 bridgehead atoms. The van der Waals surface area contributed by atoms with Gasteiger partial charge < -0.3 is 0 Å². The third-order valence-electron chi connectivity index (χ3n) is 1.81. The van der Waals surface area contributed by atoms with Crippen LogP contribution in [0.25, 0.3) is 5.82 Å². The van der Waals surface area contributed by atoms with Gasteiger partial charge >= 0.3 is 0 Å². The first-order valence-electron chi connectivity index (χ1n) is 4.14. The quantitative estimate of drug-likeness (QED) is 0.689. The Morgan fingerprint density at radius 2 is 2.31 bits per heavy atom. The number of aromatic nitrogens is 3. The smallest absolute Gasteiger partial charge is 0.153 e. The lowest BCUT2D eigenvalue weighted by molar-refractivity contribution is 0.846. The molecule has 3 heteroatoms. The van der Waals surface area contributed by atoms with E-state index >= 15 is 0 Å². The van der Waals surface area contributed by atoms with E-state index in [4.69, 9.17) is 0 Å². The minimum Gasteiger partial charge on any atom is -0.237 e. The third kappa shape index (κ3) is 1.59. The Morgan fingerprint density at radius 1 is 1.38 bits per heavy atom. The molecule has 2 aromatic rings. The van der Waals surface area contributed by atoms with Crippen LogP contribution in [0.2, 0.25) is 0 Å². The van der Waals surface area contributed by atoms with Crippen molar-refractivity contribution in [2.24, 2.45) is 0 Å². The van der Waals surface area contributed by atoms with Gasteiger partial charge in [-0.25, -0.2) is 9.67 Å². The van der Waals surface area contributed by atoms with E-state index < -0.39 is 0 Å². The molecule has 0 aliphatic carbocycles. The van der Waals surface area contributed by atoms with Gasteiger partial charge in [-0.2, -0.15) is 5.10 Å². The predicted octanol–water partition coefficient (Wildman–Crippen LogP) is 1.64. The van der Waals surface area contributed by atoms with Gasteiger partial charge in [0.05, 0.1) is 6.20 Å². The van der Waals surface area contributed by atoms with Crippen molar-refractivity contribution in [1.29, 1.82) is 0 Å². The van der Waals surface area contributed by atoms with Crippen LogP contribution in [0.5, 0.6) is 0 Å². The fraction of sp³-hybridized carbons (Fsp3) is 0.100. The fourth-order valence-corrected chi connectivity index (χ4v) is 1.10. The fourth-order valence-electron chi connectivity index (χ4n) is 1.10. The number of rotatable bonds is 2. The van der Waals surface area contributed by atoms with Crippen molar-refractivity contribution in [2.45, 2.75) is 6.42 Å². The molecule has 0 amide bonds. The van der Waals surface area contributed by atoms with Crippen molar-refractivity contribution in [1.82, 2.24) is 14.8 Å². The van der Waals surface area contributed by atoms with E-state index in [0.717, 1.165) is 17.8 Å². The van der Waals surface area contributed by atoms with Crippen LogP contribution in [-0.2, 0) is 6.42 Å². The molecule has 2 heterocycles. The van der Waals surface area contributed by atoms with Crippen LogP contribution in [0.1, 0.15) is 5.56 Å². The summed E-state index contributed by atoms with van der Waals surface area (Å²) in [6, 6.07) is 5.74. The van der Waals surface area contributed by atoms with Crippen molar-refractivity contribution in [3.63, 3.8) is 0 Å². The zero-order valence-electron chi connectivity index (χ0n) is 7.22. The number of pyridine rings is 1. The molecule has 65 valence electrons. The van der Waals surface area contributed by atoms with Crippen molar-refractivity contribution >= 4 is 0 Å². The van der Waals surface area contributed by atoms with E-state index in [-0.39, 0.29) is 0 Å². The van der Waals surface area contributed by atoms with Crippen LogP contribution in [0.15, 0.2) is 36.8 Å². The Hall–Kier alpha value is -1.64. The monoisotopic (exact) mass is 172 g/mol. The summed E-state index contributed by atoms with van der Waals surface area (Å²) in [5.41, 5.74) is 1.12. The van der Waals surface area contributed by atoms with Crippen molar-refractivity contribution in [3.05, 3.63) is 49.3 Å². The van der Waals surface area contributed by atoms with E-state index in [1.165, 1.54) is 0 Å². The minimum absolute atomic E-state index is 0.757. The van der Waals surface area contributed by atoms with E-state index in [1.54, 1.807) is 10.9 Å². The van der Waals surface area contributed by atoms with Gasteiger partial charge in [-0.3, -0.25) is 0 Å². The molecular formula is C10H10N3. The summed E-state index contributed by atoms with van der Waals surface area (Å²) in [4.78, 5) is 4.18. The Kier molecular flexibility index (Phi) is 2.08. The predicted molar refractivity (Wildman–Crippen MR) is 50.4 cm³/mol. The highest BCUT2D eigenvalue weighted by molar-refractivity contribution is 5.22. The third-order valence-corrected chi connectivity index (χ3v) is 1.81. The first kappa shape index (κ1) is 7.98. The van der Waals surface area contributed by atoms with Gasteiger partial charge in [0.15, 0.2) is 5.82 Å². The molecule has 3 nitrogen and oxygen atoms in total. The van der Waals surface area contributed by atoms with Gasteiger partial charge in [-0.05, 0) is 31.0 Å². The second-order valence-corrected chi connectivity index (χ2v) is 2.73. The van der Waals surface area contributed by atoms with E-state index in [2.05, 4.69) is 17.0 Å². The summed E-state index contributed by atoms with van der Waals surface area (Å²) in [6.45, 7) is 3.79. The molecule has 0 aliphatic rings. The molecular weight excluding hydrogens is 162 g/mol. The number of hydrogen-bond donors (Lipinski definition) is 0. The highest BCUT2D eigenvalue weighted by Crippen LogP contribution is 2.04. The molecule has 0 fully saturated rings. The van der Waals surface area contributed by atoms with Gasteiger partial charge in [0.2, 0.25) is 0 Å². The SMILES string of the molecule is [CH2]Cc1cnn(-c2ccccn2)c1. The van der Waals surface area contributed by atoms with Crippen LogP contribution in [0.3, 0.4) is 0 Å². The van der Waals surface area contributed by atoms with Crippen LogP contribution in [0, 0.1) is 6.92 Å². The Labute approximate surface area is 77.0 Å². The number of nitrogens with zero attached hydrogens (tertiary/aromatic N) is 3. The van der Waals surface area contributed by atoms with Crippen LogP contribution in [-0.4, -0.2) is 14.8 Å². The molecule has 2 rings (SSSR count). The molecule has 13 heavy (non-hydrogen) atoms. The molecule has 1 radical (unpaired) electrons. The van der Waals surface area contributed by atoms with Crippen LogP contribution in [0.4, 0.5) is 0 Å². The summed E-state index contributed by atoms with van der Waals surface area (Å²) in [5.74, 6) is 0.835. The Balaban J connectivity index is 2.36. The molecule has 0 saturated carbocycles. The van der Waals surface area contributed by atoms with E-state index in [1.807, 2.05) is 30.6 Å². The Bertz CT molecular complexity index is 378. The normalized spacial score (nSPS) is 10.2. The summed E-state index contributed by atoms with van der Waals surface area (Å²) >= 11 is 0. The summed E-state index contributed by atoms with van der Waals surface area (Å²) in [5, 5.41) is 4.17. The molecule has 0 unspecified atom stereocenters. The van der Waals surface area contributed by atoms with E-state index in [0.29, 0.717) is 0 Å². The second-order valence-electron chi connectivity index (χ2n) is 2.73. The lowest BCUT2D eigenvalue weighted by atomic mass is 10.3. The van der Waals surface area contributed by atoms with Crippen LogP contribution < -0.4 is 0 Å². The molecule has 0 N–H and O–H groups in total. The minimum atomic E-state index is 0.757. The Morgan fingerprint density at radius 3 is 2.92 bits per heavy atom. The van der Waals surface area contributed by atoms with Gasteiger partial charge in [-0.1, -0.05) is 6.07 Å². The second kappa shape index (κ2) is 3.39. The number of hydrogen-bond acceptors (Lipinski definition) is 2. The lowest BCUT2D eigenvalue weighted by Gasteiger charge is -1.97. The summed E-state index contributed by atoms with van der Waals surface area (Å²) < 4.78 is 1.75. The molecule has 0 aromatic carbocycles. The highest BCUT2D eigenvalue weighted by Gasteiger charge is 1.98. The highest BCUT2D eigenvalue weighted by atomic mass is 15.3. The van der Waals surface area contributed by atoms with E-state index in [9.17, 15) is 0 Å². The molecule has 0 aliphatic heterocycles. The maximum Gasteiger partial charge on any atom is 0.153 e. The summed E-state index contributed by atoms with van der Waals surface area (Å²) in [7, 11) is 0. The maximum absolute atomic E-state index is 4.18. The maximum atomic E-state index is 4.18. The van der Waals surface area contributed by atoms with Crippen molar-refractivity contribution in [2.75, 3.05) is 0 Å². The average molecular weight is 172 g/mol. The standard InChI is InChI=1S/C10H10N3/c1-2-9-7-12-13(8-9)10-5-3-4-6-11-10/h3-8H,1-2H2. The van der Waals surface area contributed by atoms with Gasteiger partial charge in [0, 0.05) is 12.4 Å². The van der Waals surface area contributed by atoms with Crippen molar-refractivity contribution in [3.8, 4) is 5.82 Å². The average Bonchev–Trinajstić information content (AvgIpc) is 2.67. The van der Waals surface area contributed by atoms with Gasteiger partial charge in [0.25, 0.3) is 0 Å². The molecule has 0 saturated heterocycles. The topological polar surface area (TPSA) is 30.7 Å². The summed E-state index contributed by atoms with van der Waals surface area (Å²) in [6.07, 6.45) is 6.25. The van der Waals surface area contributed by atoms with Crippen molar-refractivity contribution < 1.29 is 0 Å².